The van der Waals surface area contributed by atoms with Crippen LogP contribution in [-0.4, -0.2) is 40.9 Å². The van der Waals surface area contributed by atoms with Crippen molar-refractivity contribution in [2.24, 2.45) is 0 Å². The van der Waals surface area contributed by atoms with E-state index in [-0.39, 0.29) is 30.5 Å². The average molecular weight is 264 g/mol. The van der Waals surface area contributed by atoms with Gasteiger partial charge in [-0.25, -0.2) is 0 Å². The Morgan fingerprint density at radius 1 is 1.11 bits per heavy atom. The third-order valence-corrected chi connectivity index (χ3v) is 2.89. The van der Waals surface area contributed by atoms with Crippen LogP contribution in [0.5, 0.6) is 0 Å². The molecular weight excluding hydrogens is 248 g/mol. The summed E-state index contributed by atoms with van der Waals surface area (Å²) in [6.45, 7) is 1.53. The second-order valence-electron chi connectivity index (χ2n) is 4.53. The molecule has 0 saturated carbocycles. The second kappa shape index (κ2) is 5.66. The maximum atomic E-state index is 11.5. The lowest BCUT2D eigenvalue weighted by molar-refractivity contribution is -0.136. The molecule has 1 fully saturated rings. The predicted molar refractivity (Wildman–Crippen MR) is 69.3 cm³/mol. The first-order valence-corrected chi connectivity index (χ1v) is 6.05. The lowest BCUT2D eigenvalue weighted by Crippen LogP contribution is -2.51. The van der Waals surface area contributed by atoms with E-state index in [1.54, 1.807) is 17.2 Å². The van der Waals surface area contributed by atoms with E-state index in [0.717, 1.165) is 0 Å². The van der Waals surface area contributed by atoms with Gasteiger partial charge in [-0.15, -0.1) is 0 Å². The van der Waals surface area contributed by atoms with Gasteiger partial charge in [0.25, 0.3) is 5.56 Å². The number of aromatic nitrogens is 1. The van der Waals surface area contributed by atoms with Crippen LogP contribution < -0.4 is 16.6 Å². The van der Waals surface area contributed by atoms with Crippen molar-refractivity contribution in [3.8, 4) is 0 Å². The summed E-state index contributed by atoms with van der Waals surface area (Å²) in [7, 11) is 0. The smallest absolute Gasteiger partial charge is 0.250 e. The van der Waals surface area contributed by atoms with Gasteiger partial charge in [0.05, 0.1) is 13.1 Å². The van der Waals surface area contributed by atoms with Crippen LogP contribution in [0.3, 0.4) is 0 Å². The monoisotopic (exact) mass is 264 g/mol. The van der Waals surface area contributed by atoms with E-state index in [0.29, 0.717) is 25.2 Å². The zero-order chi connectivity index (χ0) is 13.8. The van der Waals surface area contributed by atoms with E-state index in [1.165, 1.54) is 10.6 Å². The Hall–Kier alpha value is -2.15. The molecule has 1 aromatic rings. The molecule has 19 heavy (non-hydrogen) atoms. The number of carbonyl (C=O) groups is 2. The number of hydrogen-bond donors (Lipinski definition) is 2. The largest absolute Gasteiger partial charge is 0.398 e. The van der Waals surface area contributed by atoms with Crippen molar-refractivity contribution in [1.29, 1.82) is 0 Å². The standard InChI is InChI=1S/C12H16N4O3/c13-9-2-3-12(19)16(6-9)5-1-4-15-7-10(17)14-11(18)8-15/h2-3,6H,1,4-5,7-8,13H2,(H,14,17,18). The fourth-order valence-electron chi connectivity index (χ4n) is 2.04. The molecule has 0 radical (unpaired) electrons. The summed E-state index contributed by atoms with van der Waals surface area (Å²) < 4.78 is 1.53. The van der Waals surface area contributed by atoms with Crippen molar-refractivity contribution in [2.75, 3.05) is 25.4 Å². The second-order valence-corrected chi connectivity index (χ2v) is 4.53. The molecule has 7 heteroatoms. The fraction of sp³-hybridized carbons (Fsp3) is 0.417. The van der Waals surface area contributed by atoms with Crippen molar-refractivity contribution in [3.05, 3.63) is 28.7 Å². The zero-order valence-corrected chi connectivity index (χ0v) is 10.5. The topological polar surface area (TPSA) is 97.4 Å². The van der Waals surface area contributed by atoms with E-state index in [2.05, 4.69) is 5.32 Å². The van der Waals surface area contributed by atoms with Crippen molar-refractivity contribution in [1.82, 2.24) is 14.8 Å². The van der Waals surface area contributed by atoms with Gasteiger partial charge in [-0.2, -0.15) is 0 Å². The van der Waals surface area contributed by atoms with Crippen LogP contribution in [0.15, 0.2) is 23.1 Å². The highest BCUT2D eigenvalue weighted by molar-refractivity contribution is 5.99. The van der Waals surface area contributed by atoms with Gasteiger partial charge < -0.3 is 10.3 Å². The minimum Gasteiger partial charge on any atom is -0.398 e. The van der Waals surface area contributed by atoms with Crippen LogP contribution in [0, 0.1) is 0 Å². The number of hydrogen-bond acceptors (Lipinski definition) is 5. The number of nitrogens with zero attached hydrogens (tertiary/aromatic N) is 2. The number of piperazine rings is 1. The molecule has 7 nitrogen and oxygen atoms in total. The molecule has 1 saturated heterocycles. The molecule has 1 aliphatic rings. The van der Waals surface area contributed by atoms with Crippen molar-refractivity contribution < 1.29 is 9.59 Å². The molecule has 0 spiro atoms. The highest BCUT2D eigenvalue weighted by Crippen LogP contribution is 2.00. The molecular formula is C12H16N4O3. The number of nitrogens with one attached hydrogen (secondary N) is 1. The Bertz CT molecular complexity index is 536. The molecule has 2 amide bonds. The van der Waals surface area contributed by atoms with Crippen LogP contribution in [0.4, 0.5) is 5.69 Å². The van der Waals surface area contributed by atoms with Gasteiger partial charge in [0.1, 0.15) is 0 Å². The summed E-state index contributed by atoms with van der Waals surface area (Å²) in [4.78, 5) is 35.6. The van der Waals surface area contributed by atoms with Crippen LogP contribution >= 0.6 is 0 Å². The summed E-state index contributed by atoms with van der Waals surface area (Å²) in [5, 5.41) is 2.24. The fourth-order valence-corrected chi connectivity index (χ4v) is 2.04. The highest BCUT2D eigenvalue weighted by Gasteiger charge is 2.21. The predicted octanol–water partition coefficient (Wildman–Crippen LogP) is -1.22. The zero-order valence-electron chi connectivity index (χ0n) is 10.5. The molecule has 1 aromatic heterocycles. The third-order valence-electron chi connectivity index (χ3n) is 2.89. The maximum absolute atomic E-state index is 11.5. The summed E-state index contributed by atoms with van der Waals surface area (Å²) in [5.74, 6) is -0.560. The van der Waals surface area contributed by atoms with Crippen molar-refractivity contribution >= 4 is 17.5 Å². The lowest BCUT2D eigenvalue weighted by atomic mass is 10.3. The quantitative estimate of drug-likeness (QED) is 0.664. The number of aryl methyl sites for hydroxylation is 1. The van der Waals surface area contributed by atoms with E-state index in [1.807, 2.05) is 0 Å². The van der Waals surface area contributed by atoms with Gasteiger partial charge in [0, 0.05) is 31.0 Å². The van der Waals surface area contributed by atoms with Gasteiger partial charge in [-0.05, 0) is 12.5 Å². The highest BCUT2D eigenvalue weighted by atomic mass is 16.2. The van der Waals surface area contributed by atoms with Gasteiger partial charge in [0.2, 0.25) is 11.8 Å². The van der Waals surface area contributed by atoms with E-state index < -0.39 is 0 Å². The minimum absolute atomic E-state index is 0.110. The summed E-state index contributed by atoms with van der Waals surface area (Å²) in [6, 6.07) is 2.99. The Labute approximate surface area is 110 Å². The molecule has 0 atom stereocenters. The van der Waals surface area contributed by atoms with Crippen molar-refractivity contribution in [2.45, 2.75) is 13.0 Å². The first-order chi connectivity index (χ1) is 9.04. The molecule has 0 aromatic carbocycles. The number of anilines is 1. The molecule has 1 aliphatic heterocycles. The third kappa shape index (κ3) is 3.65. The van der Waals surface area contributed by atoms with Crippen LogP contribution in [-0.2, 0) is 16.1 Å². The summed E-state index contributed by atoms with van der Waals surface area (Å²) in [5.41, 5.74) is 6.04. The maximum Gasteiger partial charge on any atom is 0.250 e. The van der Waals surface area contributed by atoms with Crippen LogP contribution in [0.2, 0.25) is 0 Å². The SMILES string of the molecule is Nc1ccc(=O)n(CCCN2CC(=O)NC(=O)C2)c1. The number of amides is 2. The number of nitrogens with two attached hydrogens (primary N) is 1. The van der Waals surface area contributed by atoms with Crippen LogP contribution in [0.1, 0.15) is 6.42 Å². The lowest BCUT2D eigenvalue weighted by Gasteiger charge is -2.25. The number of pyridine rings is 1. The van der Waals surface area contributed by atoms with Gasteiger partial charge in [-0.3, -0.25) is 24.6 Å². The minimum atomic E-state index is -0.280. The van der Waals surface area contributed by atoms with Crippen LogP contribution in [0.25, 0.3) is 0 Å². The number of imide groups is 1. The molecule has 0 unspecified atom stereocenters. The van der Waals surface area contributed by atoms with Gasteiger partial charge in [0.15, 0.2) is 0 Å². The van der Waals surface area contributed by atoms with Gasteiger partial charge in [-0.1, -0.05) is 0 Å². The van der Waals surface area contributed by atoms with Crippen molar-refractivity contribution in [3.63, 3.8) is 0 Å². The Kier molecular flexibility index (Phi) is 3.96. The molecule has 3 N–H and O–H groups in total. The van der Waals surface area contributed by atoms with E-state index >= 15 is 0 Å². The molecule has 2 heterocycles. The molecule has 0 aliphatic carbocycles. The molecule has 102 valence electrons. The summed E-state index contributed by atoms with van der Waals surface area (Å²) in [6.07, 6.45) is 2.26. The number of rotatable bonds is 4. The first kappa shape index (κ1) is 13.3. The normalized spacial score (nSPS) is 16.4. The summed E-state index contributed by atoms with van der Waals surface area (Å²) >= 11 is 0. The van der Waals surface area contributed by atoms with Gasteiger partial charge >= 0.3 is 0 Å². The van der Waals surface area contributed by atoms with E-state index in [4.69, 9.17) is 5.73 Å². The molecule has 2 rings (SSSR count). The number of carbonyl (C=O) groups excluding carboxylic acids is 2. The molecule has 0 bridgehead atoms. The average Bonchev–Trinajstić information content (AvgIpc) is 2.32. The number of nitrogen functional groups attached to an aromatic ring is 1. The Morgan fingerprint density at radius 2 is 1.79 bits per heavy atom. The van der Waals surface area contributed by atoms with E-state index in [9.17, 15) is 14.4 Å². The first-order valence-electron chi connectivity index (χ1n) is 6.05. The Balaban J connectivity index is 1.86. The Morgan fingerprint density at radius 3 is 2.47 bits per heavy atom.